The van der Waals surface area contributed by atoms with Crippen LogP contribution in [0.2, 0.25) is 0 Å². The third kappa shape index (κ3) is 5.52. The van der Waals surface area contributed by atoms with Crippen LogP contribution in [0.25, 0.3) is 0 Å². The second-order valence-electron chi connectivity index (χ2n) is 6.90. The maximum atomic E-state index is 12.5. The van der Waals surface area contributed by atoms with Gasteiger partial charge in [0.05, 0.1) is 6.61 Å². The van der Waals surface area contributed by atoms with Crippen LogP contribution in [-0.2, 0) is 9.84 Å². The van der Waals surface area contributed by atoms with E-state index in [1.807, 2.05) is 0 Å². The summed E-state index contributed by atoms with van der Waals surface area (Å²) in [5.41, 5.74) is 0.282. The van der Waals surface area contributed by atoms with E-state index < -0.39 is 15.9 Å². The van der Waals surface area contributed by atoms with Crippen molar-refractivity contribution in [1.29, 1.82) is 0 Å². The van der Waals surface area contributed by atoms with Gasteiger partial charge in [0.15, 0.2) is 9.84 Å². The molecule has 0 saturated heterocycles. The molecule has 0 bridgehead atoms. The molecular formula is C17H23N3O4S. The molecule has 3 rings (SSSR count). The first kappa shape index (κ1) is 17.8. The first-order valence-electron chi connectivity index (χ1n) is 8.50. The molecule has 2 saturated carbocycles. The SMILES string of the molecule is C[C@@H](/C=C/S(C)(=O)=O)NC(=O)c1cnc(C2CC2)nc1OCC1CC1. The average molecular weight is 365 g/mol. The van der Waals surface area contributed by atoms with E-state index in [4.69, 9.17) is 4.74 Å². The Morgan fingerprint density at radius 3 is 2.72 bits per heavy atom. The van der Waals surface area contributed by atoms with Crippen molar-refractivity contribution in [2.75, 3.05) is 12.9 Å². The van der Waals surface area contributed by atoms with Crippen molar-refractivity contribution >= 4 is 15.7 Å². The van der Waals surface area contributed by atoms with Gasteiger partial charge in [-0.3, -0.25) is 4.79 Å². The molecule has 1 N–H and O–H groups in total. The van der Waals surface area contributed by atoms with E-state index in [9.17, 15) is 13.2 Å². The normalized spacial score (nSPS) is 19.0. The van der Waals surface area contributed by atoms with E-state index in [-0.39, 0.29) is 11.5 Å². The van der Waals surface area contributed by atoms with E-state index in [0.29, 0.717) is 24.3 Å². The number of hydrogen-bond acceptors (Lipinski definition) is 6. The Morgan fingerprint density at radius 2 is 2.12 bits per heavy atom. The molecule has 2 aliphatic rings. The van der Waals surface area contributed by atoms with Crippen molar-refractivity contribution in [1.82, 2.24) is 15.3 Å². The Bertz CT molecular complexity index is 783. The summed E-state index contributed by atoms with van der Waals surface area (Å²) in [6.45, 7) is 2.26. The largest absolute Gasteiger partial charge is 0.477 e. The number of ether oxygens (including phenoxy) is 1. The minimum Gasteiger partial charge on any atom is -0.477 e. The van der Waals surface area contributed by atoms with E-state index in [1.165, 1.54) is 12.3 Å². The molecule has 1 aromatic rings. The first-order valence-corrected chi connectivity index (χ1v) is 10.5. The molecule has 1 amide bonds. The molecule has 2 fully saturated rings. The van der Waals surface area contributed by atoms with Crippen molar-refractivity contribution in [2.45, 2.75) is 44.6 Å². The van der Waals surface area contributed by atoms with Gasteiger partial charge in [-0.15, -0.1) is 0 Å². The second-order valence-corrected chi connectivity index (χ2v) is 8.83. The lowest BCUT2D eigenvalue weighted by atomic mass is 10.2. The number of amides is 1. The molecule has 0 aliphatic heterocycles. The molecule has 1 atom stereocenters. The smallest absolute Gasteiger partial charge is 0.258 e. The predicted octanol–water partition coefficient (Wildman–Crippen LogP) is 1.82. The summed E-state index contributed by atoms with van der Waals surface area (Å²) in [5, 5.41) is 3.81. The van der Waals surface area contributed by atoms with Crippen LogP contribution in [0.5, 0.6) is 5.88 Å². The number of rotatable bonds is 8. The van der Waals surface area contributed by atoms with Crippen LogP contribution in [0.4, 0.5) is 0 Å². The number of carbonyl (C=O) groups is 1. The molecule has 2 aliphatic carbocycles. The summed E-state index contributed by atoms with van der Waals surface area (Å²) in [7, 11) is -3.23. The van der Waals surface area contributed by atoms with Crippen LogP contribution in [0.3, 0.4) is 0 Å². The highest BCUT2D eigenvalue weighted by atomic mass is 32.2. The summed E-state index contributed by atoms with van der Waals surface area (Å²) in [5.74, 6) is 1.59. The Morgan fingerprint density at radius 1 is 1.40 bits per heavy atom. The lowest BCUT2D eigenvalue weighted by Gasteiger charge is -2.13. The minimum atomic E-state index is -3.23. The molecule has 8 heteroatoms. The quantitative estimate of drug-likeness (QED) is 0.754. The number of nitrogens with one attached hydrogen (secondary N) is 1. The molecule has 1 aromatic heterocycles. The number of nitrogens with zero attached hydrogens (tertiary/aromatic N) is 2. The monoisotopic (exact) mass is 365 g/mol. The van der Waals surface area contributed by atoms with Gasteiger partial charge in [-0.1, -0.05) is 6.08 Å². The van der Waals surface area contributed by atoms with Gasteiger partial charge in [-0.25, -0.2) is 13.4 Å². The van der Waals surface area contributed by atoms with Crippen LogP contribution >= 0.6 is 0 Å². The van der Waals surface area contributed by atoms with Gasteiger partial charge < -0.3 is 10.1 Å². The fraction of sp³-hybridized carbons (Fsp3) is 0.588. The molecule has 136 valence electrons. The van der Waals surface area contributed by atoms with Gasteiger partial charge in [-0.2, -0.15) is 4.98 Å². The molecule has 0 radical (unpaired) electrons. The lowest BCUT2D eigenvalue weighted by molar-refractivity contribution is 0.0941. The van der Waals surface area contributed by atoms with E-state index in [0.717, 1.165) is 43.2 Å². The van der Waals surface area contributed by atoms with Gasteiger partial charge in [0.1, 0.15) is 11.4 Å². The molecule has 0 unspecified atom stereocenters. The lowest BCUT2D eigenvalue weighted by Crippen LogP contribution is -2.32. The van der Waals surface area contributed by atoms with Gasteiger partial charge in [-0.05, 0) is 38.5 Å². The summed E-state index contributed by atoms with van der Waals surface area (Å²) >= 11 is 0. The van der Waals surface area contributed by atoms with E-state index >= 15 is 0 Å². The summed E-state index contributed by atoms with van der Waals surface area (Å²) < 4.78 is 28.1. The number of carbonyl (C=O) groups excluding carboxylic acids is 1. The van der Waals surface area contributed by atoms with Gasteiger partial charge in [0.2, 0.25) is 5.88 Å². The fourth-order valence-corrected chi connectivity index (χ4v) is 2.78. The topological polar surface area (TPSA) is 98.2 Å². The second kappa shape index (κ2) is 7.11. The zero-order chi connectivity index (χ0) is 18.0. The highest BCUT2D eigenvalue weighted by Crippen LogP contribution is 2.39. The summed E-state index contributed by atoms with van der Waals surface area (Å²) in [6, 6.07) is -0.443. The fourth-order valence-electron chi connectivity index (χ4n) is 2.26. The molecule has 0 aromatic carbocycles. The third-order valence-corrected chi connectivity index (χ3v) is 4.74. The maximum Gasteiger partial charge on any atom is 0.258 e. The Balaban J connectivity index is 1.72. The Hall–Kier alpha value is -1.96. The van der Waals surface area contributed by atoms with E-state index in [2.05, 4.69) is 15.3 Å². The first-order chi connectivity index (χ1) is 11.8. The standard InChI is InChI=1S/C17H23N3O4S/c1-11(7-8-25(2,22)23)19-16(21)14-9-18-15(13-5-6-13)20-17(14)24-10-12-3-4-12/h7-9,11-13H,3-6,10H2,1-2H3,(H,19,21)/b8-7+/t11-/m0/s1. The van der Waals surface area contributed by atoms with Gasteiger partial charge in [0, 0.05) is 29.8 Å². The maximum absolute atomic E-state index is 12.5. The molecular weight excluding hydrogens is 342 g/mol. The zero-order valence-corrected chi connectivity index (χ0v) is 15.3. The number of aromatic nitrogens is 2. The van der Waals surface area contributed by atoms with Crippen molar-refractivity contribution in [3.05, 3.63) is 29.1 Å². The summed E-state index contributed by atoms with van der Waals surface area (Å²) in [4.78, 5) is 21.2. The van der Waals surface area contributed by atoms with Gasteiger partial charge in [0.25, 0.3) is 5.91 Å². The van der Waals surface area contributed by atoms with Crippen molar-refractivity contribution in [3.63, 3.8) is 0 Å². The molecule has 25 heavy (non-hydrogen) atoms. The van der Waals surface area contributed by atoms with Crippen LogP contribution in [0, 0.1) is 5.92 Å². The van der Waals surface area contributed by atoms with Crippen LogP contribution < -0.4 is 10.1 Å². The van der Waals surface area contributed by atoms with Crippen LogP contribution in [0.1, 0.15) is 54.7 Å². The van der Waals surface area contributed by atoms with E-state index in [1.54, 1.807) is 6.92 Å². The van der Waals surface area contributed by atoms with Crippen LogP contribution in [0.15, 0.2) is 17.7 Å². The average Bonchev–Trinajstić information content (AvgIpc) is 3.43. The molecule has 0 spiro atoms. The highest BCUT2D eigenvalue weighted by Gasteiger charge is 2.29. The van der Waals surface area contributed by atoms with Crippen molar-refractivity contribution in [2.24, 2.45) is 5.92 Å². The zero-order valence-electron chi connectivity index (χ0n) is 14.4. The highest BCUT2D eigenvalue weighted by molar-refractivity contribution is 7.93. The predicted molar refractivity (Wildman–Crippen MR) is 93.1 cm³/mol. The Kier molecular flexibility index (Phi) is 5.08. The Labute approximate surface area is 147 Å². The van der Waals surface area contributed by atoms with Crippen molar-refractivity contribution in [3.8, 4) is 5.88 Å². The summed E-state index contributed by atoms with van der Waals surface area (Å²) in [6.07, 6.45) is 8.47. The molecule has 7 nitrogen and oxygen atoms in total. The third-order valence-electron chi connectivity index (χ3n) is 4.09. The van der Waals surface area contributed by atoms with Gasteiger partial charge >= 0.3 is 0 Å². The number of sulfone groups is 1. The van der Waals surface area contributed by atoms with Crippen LogP contribution in [-0.4, -0.2) is 43.2 Å². The van der Waals surface area contributed by atoms with Crippen molar-refractivity contribution < 1.29 is 17.9 Å². The minimum absolute atomic E-state index is 0.282. The number of hydrogen-bond donors (Lipinski definition) is 1. The molecule has 1 heterocycles.